The largest absolute Gasteiger partial charge is 0.490 e. The number of nitro groups is 1. The number of nitrogens with one attached hydrogen (secondary N) is 2. The molecule has 0 heterocycles. The molecule has 0 aliphatic carbocycles. The number of nitro benzene ring substituents is 1. The Bertz CT molecular complexity index is 557. The van der Waals surface area contributed by atoms with Crippen LogP contribution in [0.2, 0.25) is 0 Å². The van der Waals surface area contributed by atoms with Gasteiger partial charge in [-0.3, -0.25) is 19.7 Å². The number of carbonyl (C=O) groups is 2. The van der Waals surface area contributed by atoms with Crippen LogP contribution in [0.5, 0.6) is 5.75 Å². The van der Waals surface area contributed by atoms with Crippen molar-refractivity contribution >= 4 is 17.5 Å². The fraction of sp³-hybridized carbons (Fsp3) is 0.385. The molecular weight excluding hydrogens is 278 g/mol. The van der Waals surface area contributed by atoms with Crippen LogP contribution in [0, 0.1) is 10.1 Å². The lowest BCUT2D eigenvalue weighted by atomic mass is 10.1. The molecule has 0 atom stereocenters. The Morgan fingerprint density at radius 1 is 1.38 bits per heavy atom. The minimum Gasteiger partial charge on any atom is -0.490 e. The Morgan fingerprint density at radius 2 is 2.05 bits per heavy atom. The number of hydrogen-bond acceptors (Lipinski definition) is 5. The van der Waals surface area contributed by atoms with Gasteiger partial charge < -0.3 is 15.4 Å². The summed E-state index contributed by atoms with van der Waals surface area (Å²) in [5.74, 6) is -0.838. The predicted octanol–water partition coefficient (Wildman–Crippen LogP) is 0.858. The number of rotatable bonds is 6. The predicted molar refractivity (Wildman–Crippen MR) is 75.3 cm³/mol. The molecule has 0 radical (unpaired) electrons. The van der Waals surface area contributed by atoms with Crippen LogP contribution in [-0.4, -0.2) is 36.4 Å². The van der Waals surface area contributed by atoms with Gasteiger partial charge in [0, 0.05) is 17.7 Å². The second-order valence-electron chi connectivity index (χ2n) is 4.55. The van der Waals surface area contributed by atoms with Crippen LogP contribution in [0.4, 0.5) is 5.69 Å². The van der Waals surface area contributed by atoms with E-state index in [4.69, 9.17) is 4.74 Å². The molecule has 0 bridgehead atoms. The minimum atomic E-state index is -0.638. The molecule has 0 fully saturated rings. The third-order valence-corrected chi connectivity index (χ3v) is 2.50. The fourth-order valence-corrected chi connectivity index (χ4v) is 1.61. The molecule has 1 aromatic carbocycles. The van der Waals surface area contributed by atoms with Gasteiger partial charge in [-0.25, -0.2) is 0 Å². The average Bonchev–Trinajstić information content (AvgIpc) is 2.43. The first kappa shape index (κ1) is 16.4. The Balaban J connectivity index is 2.77. The molecule has 114 valence electrons. The maximum atomic E-state index is 11.9. The van der Waals surface area contributed by atoms with Gasteiger partial charge in [0.2, 0.25) is 5.91 Å². The second-order valence-corrected chi connectivity index (χ2v) is 4.55. The highest BCUT2D eigenvalue weighted by molar-refractivity contribution is 5.97. The second kappa shape index (κ2) is 7.22. The van der Waals surface area contributed by atoms with E-state index in [0.29, 0.717) is 0 Å². The molecule has 0 aliphatic rings. The number of methoxy groups -OCH3 is 1. The van der Waals surface area contributed by atoms with E-state index in [9.17, 15) is 19.7 Å². The van der Waals surface area contributed by atoms with Crippen molar-refractivity contribution in [2.75, 3.05) is 13.7 Å². The maximum Gasteiger partial charge on any atom is 0.311 e. The van der Waals surface area contributed by atoms with Crippen LogP contribution in [0.25, 0.3) is 0 Å². The molecule has 0 aromatic heterocycles. The summed E-state index contributed by atoms with van der Waals surface area (Å²) in [6.45, 7) is 3.40. The minimum absolute atomic E-state index is 0.0310. The molecule has 21 heavy (non-hydrogen) atoms. The number of amides is 2. The van der Waals surface area contributed by atoms with E-state index in [2.05, 4.69) is 10.6 Å². The summed E-state index contributed by atoms with van der Waals surface area (Å²) < 4.78 is 4.85. The fourth-order valence-electron chi connectivity index (χ4n) is 1.61. The monoisotopic (exact) mass is 295 g/mol. The highest BCUT2D eigenvalue weighted by atomic mass is 16.6. The SMILES string of the molecule is COc1ccc(C(=O)NCC(=O)NC(C)C)cc1[N+](=O)[O-]. The zero-order valence-corrected chi connectivity index (χ0v) is 12.0. The first-order valence-corrected chi connectivity index (χ1v) is 6.25. The molecule has 2 N–H and O–H groups in total. The molecule has 8 heteroatoms. The molecule has 0 saturated carbocycles. The molecule has 1 rings (SSSR count). The Hall–Kier alpha value is -2.64. The number of hydrogen-bond donors (Lipinski definition) is 2. The van der Waals surface area contributed by atoms with Crippen molar-refractivity contribution in [1.82, 2.24) is 10.6 Å². The van der Waals surface area contributed by atoms with Crippen molar-refractivity contribution in [2.24, 2.45) is 0 Å². The number of nitrogens with zero attached hydrogens (tertiary/aromatic N) is 1. The summed E-state index contributed by atoms with van der Waals surface area (Å²) in [4.78, 5) is 33.5. The third kappa shape index (κ3) is 4.75. The lowest BCUT2D eigenvalue weighted by molar-refractivity contribution is -0.385. The van der Waals surface area contributed by atoms with Crippen molar-refractivity contribution in [3.63, 3.8) is 0 Å². The first-order chi connectivity index (χ1) is 9.85. The van der Waals surface area contributed by atoms with Crippen molar-refractivity contribution in [2.45, 2.75) is 19.9 Å². The molecule has 8 nitrogen and oxygen atoms in total. The normalized spacial score (nSPS) is 10.1. The quantitative estimate of drug-likeness (QED) is 0.597. The number of benzene rings is 1. The summed E-state index contributed by atoms with van der Waals surface area (Å²) in [6.07, 6.45) is 0. The van der Waals surface area contributed by atoms with Gasteiger partial charge in [0.05, 0.1) is 18.6 Å². The summed E-state index contributed by atoms with van der Waals surface area (Å²) in [5.41, 5.74) is -0.225. The standard InChI is InChI=1S/C13H17N3O5/c1-8(2)15-12(17)7-14-13(18)9-4-5-11(21-3)10(6-9)16(19)20/h4-6,8H,7H2,1-3H3,(H,14,18)(H,15,17). The van der Waals surface area contributed by atoms with E-state index < -0.39 is 10.8 Å². The van der Waals surface area contributed by atoms with Crippen LogP contribution in [0.3, 0.4) is 0 Å². The van der Waals surface area contributed by atoms with Gasteiger partial charge in [0.15, 0.2) is 5.75 Å². The zero-order chi connectivity index (χ0) is 16.0. The smallest absolute Gasteiger partial charge is 0.311 e. The van der Waals surface area contributed by atoms with E-state index in [-0.39, 0.29) is 35.5 Å². The highest BCUT2D eigenvalue weighted by Crippen LogP contribution is 2.27. The highest BCUT2D eigenvalue weighted by Gasteiger charge is 2.18. The summed E-state index contributed by atoms with van der Waals surface area (Å²) in [7, 11) is 1.30. The van der Waals surface area contributed by atoms with Crippen molar-refractivity contribution < 1.29 is 19.2 Å². The Labute approximate surface area is 121 Å². The van der Waals surface area contributed by atoms with Crippen molar-refractivity contribution in [3.8, 4) is 5.75 Å². The molecule has 0 saturated heterocycles. The number of ether oxygens (including phenoxy) is 1. The maximum absolute atomic E-state index is 11.9. The first-order valence-electron chi connectivity index (χ1n) is 6.25. The van der Waals surface area contributed by atoms with Crippen LogP contribution in [-0.2, 0) is 4.79 Å². The Kier molecular flexibility index (Phi) is 5.65. The van der Waals surface area contributed by atoms with Crippen LogP contribution in [0.15, 0.2) is 18.2 Å². The molecule has 0 unspecified atom stereocenters. The van der Waals surface area contributed by atoms with E-state index in [1.54, 1.807) is 13.8 Å². The molecule has 2 amide bonds. The van der Waals surface area contributed by atoms with Crippen molar-refractivity contribution in [3.05, 3.63) is 33.9 Å². The van der Waals surface area contributed by atoms with Gasteiger partial charge in [-0.2, -0.15) is 0 Å². The van der Waals surface area contributed by atoms with Crippen LogP contribution < -0.4 is 15.4 Å². The van der Waals surface area contributed by atoms with Crippen molar-refractivity contribution in [1.29, 1.82) is 0 Å². The number of carbonyl (C=O) groups excluding carboxylic acids is 2. The summed E-state index contributed by atoms with van der Waals surface area (Å²) in [5, 5.41) is 15.9. The molecule has 1 aromatic rings. The molecular formula is C13H17N3O5. The van der Waals surface area contributed by atoms with Gasteiger partial charge in [-0.15, -0.1) is 0 Å². The third-order valence-electron chi connectivity index (χ3n) is 2.50. The van der Waals surface area contributed by atoms with Gasteiger partial charge in [0.1, 0.15) is 0 Å². The lowest BCUT2D eigenvalue weighted by Crippen LogP contribution is -2.39. The lowest BCUT2D eigenvalue weighted by Gasteiger charge is -2.09. The van der Waals surface area contributed by atoms with Gasteiger partial charge in [-0.05, 0) is 26.0 Å². The summed E-state index contributed by atoms with van der Waals surface area (Å²) in [6, 6.07) is 3.80. The molecule has 0 aliphatic heterocycles. The van der Waals surface area contributed by atoms with Gasteiger partial charge in [0.25, 0.3) is 5.91 Å². The van der Waals surface area contributed by atoms with Gasteiger partial charge >= 0.3 is 5.69 Å². The average molecular weight is 295 g/mol. The molecule has 0 spiro atoms. The zero-order valence-electron chi connectivity index (χ0n) is 12.0. The van der Waals surface area contributed by atoms with E-state index in [0.717, 1.165) is 6.07 Å². The van der Waals surface area contributed by atoms with Crippen LogP contribution >= 0.6 is 0 Å². The van der Waals surface area contributed by atoms with E-state index in [1.165, 1.54) is 19.2 Å². The Morgan fingerprint density at radius 3 is 2.57 bits per heavy atom. The summed E-state index contributed by atoms with van der Waals surface area (Å²) >= 11 is 0. The van der Waals surface area contributed by atoms with E-state index in [1.807, 2.05) is 0 Å². The topological polar surface area (TPSA) is 111 Å². The van der Waals surface area contributed by atoms with E-state index >= 15 is 0 Å². The van der Waals surface area contributed by atoms with Gasteiger partial charge in [-0.1, -0.05) is 0 Å². The van der Waals surface area contributed by atoms with Crippen LogP contribution in [0.1, 0.15) is 24.2 Å².